The summed E-state index contributed by atoms with van der Waals surface area (Å²) in [5.74, 6) is 0.621. The Labute approximate surface area is 148 Å². The summed E-state index contributed by atoms with van der Waals surface area (Å²) < 4.78 is 6.86. The van der Waals surface area contributed by atoms with Crippen LogP contribution in [0.4, 0.5) is 5.69 Å². The molecule has 8 heteroatoms. The van der Waals surface area contributed by atoms with Gasteiger partial charge in [-0.15, -0.1) is 0 Å². The molecule has 5 nitrogen and oxygen atoms in total. The predicted molar refractivity (Wildman–Crippen MR) is 95.6 cm³/mol. The van der Waals surface area contributed by atoms with E-state index in [2.05, 4.69) is 0 Å². The second kappa shape index (κ2) is 5.81. The molecule has 0 radical (unpaired) electrons. The minimum atomic E-state index is -0.461. The first-order valence-electron chi connectivity index (χ1n) is 6.01. The van der Waals surface area contributed by atoms with E-state index in [-0.39, 0.29) is 36.0 Å². The molecule has 112 valence electrons. The summed E-state index contributed by atoms with van der Waals surface area (Å²) in [5.41, 5.74) is -0.321. The van der Waals surface area contributed by atoms with Crippen LogP contribution in [0.2, 0.25) is 5.02 Å². The van der Waals surface area contributed by atoms with Gasteiger partial charge in [-0.2, -0.15) is 0 Å². The molecule has 22 heavy (non-hydrogen) atoms. The molecule has 3 aromatic rings. The Balaban J connectivity index is 2.59. The van der Waals surface area contributed by atoms with Crippen molar-refractivity contribution < 1.29 is 9.66 Å². The summed E-state index contributed by atoms with van der Waals surface area (Å²) in [6, 6.07) is 6.56. The number of hydrogen-bond donors (Lipinski definition) is 0. The van der Waals surface area contributed by atoms with E-state index < -0.39 is 4.92 Å². The van der Waals surface area contributed by atoms with Crippen LogP contribution in [0.3, 0.4) is 0 Å². The Morgan fingerprint density at radius 1 is 1.36 bits per heavy atom. The Bertz CT molecular complexity index is 1000. The normalized spacial score (nSPS) is 11.0. The number of non-ortho nitro benzene ring substituents is 1. The first kappa shape index (κ1) is 15.7. The van der Waals surface area contributed by atoms with E-state index in [0.717, 1.165) is 4.26 Å². The number of nitro benzene ring substituents is 1. The molecule has 0 bridgehead atoms. The van der Waals surface area contributed by atoms with Crippen molar-refractivity contribution in [2.24, 2.45) is 0 Å². The molecule has 0 spiro atoms. The van der Waals surface area contributed by atoms with Crippen LogP contribution in [-0.4, -0.2) is 26.5 Å². The van der Waals surface area contributed by atoms with Gasteiger partial charge in [-0.25, -0.2) is 0 Å². The Kier molecular flexibility index (Phi) is 4.15. The average molecular weight is 495 g/mol. The zero-order valence-electron chi connectivity index (χ0n) is 11.1. The second-order valence-electron chi connectivity index (χ2n) is 4.45. The topological polar surface area (TPSA) is 69.4 Å². The molecule has 0 unspecified atom stereocenters. The van der Waals surface area contributed by atoms with Gasteiger partial charge in [0.15, 0.2) is 0 Å². The van der Waals surface area contributed by atoms with E-state index in [9.17, 15) is 14.9 Å². The molecule has 0 aliphatic heterocycles. The third-order valence-electron chi connectivity index (χ3n) is 3.22. The van der Waals surface area contributed by atoms with Crippen molar-refractivity contribution in [1.29, 1.82) is 0 Å². The molecule has 3 rings (SSSR count). The number of hydrogen-bond acceptors (Lipinski definition) is 4. The van der Waals surface area contributed by atoms with Crippen molar-refractivity contribution >= 4 is 73.7 Å². The molecule has 0 N–H and O–H groups in total. The maximum absolute atomic E-state index is 12.7. The predicted octanol–water partition coefficient (Wildman–Crippen LogP) is 3.59. The number of fused-ring (bicyclic) bond motifs is 2. The molecule has 1 heterocycles. The Hall–Kier alpha value is -1.15. The standard InChI is InChI=1S/C14H7ClINO4Se/c1-21-6-2-3-7-10(4-6)22-14-9(17(19)20)5-8(16)12(15)11(14)13(7)18/h2-5H,1H3. The van der Waals surface area contributed by atoms with E-state index in [1.807, 2.05) is 22.6 Å². The number of halogens is 2. The van der Waals surface area contributed by atoms with Crippen molar-refractivity contribution in [3.63, 3.8) is 0 Å². The quantitative estimate of drug-likeness (QED) is 0.180. The van der Waals surface area contributed by atoms with Crippen LogP contribution in [0.5, 0.6) is 5.75 Å². The number of nitrogens with zero attached hydrogens (tertiary/aromatic N) is 1. The number of ether oxygens (including phenoxy) is 1. The minimum absolute atomic E-state index is 0.0504. The molecule has 1 aromatic heterocycles. The van der Waals surface area contributed by atoms with Gasteiger partial charge in [0.2, 0.25) is 0 Å². The van der Waals surface area contributed by atoms with Crippen LogP contribution < -0.4 is 10.2 Å². The summed E-state index contributed by atoms with van der Waals surface area (Å²) >= 11 is 7.77. The van der Waals surface area contributed by atoms with Gasteiger partial charge in [0.05, 0.1) is 0 Å². The molecular formula is C14H7ClINO4Se. The molecule has 0 atom stereocenters. The van der Waals surface area contributed by atoms with E-state index in [1.54, 1.807) is 18.2 Å². The second-order valence-corrected chi connectivity index (χ2v) is 8.19. The van der Waals surface area contributed by atoms with E-state index >= 15 is 0 Å². The van der Waals surface area contributed by atoms with Crippen molar-refractivity contribution in [2.75, 3.05) is 7.11 Å². The van der Waals surface area contributed by atoms with Gasteiger partial charge in [-0.3, -0.25) is 0 Å². The van der Waals surface area contributed by atoms with Gasteiger partial charge < -0.3 is 0 Å². The van der Waals surface area contributed by atoms with E-state index in [0.29, 0.717) is 19.0 Å². The molecule has 0 aliphatic carbocycles. The van der Waals surface area contributed by atoms with Crippen molar-refractivity contribution in [3.8, 4) is 5.75 Å². The van der Waals surface area contributed by atoms with Gasteiger partial charge >= 0.3 is 149 Å². The Morgan fingerprint density at radius 2 is 2.09 bits per heavy atom. The third-order valence-corrected chi connectivity index (χ3v) is 7.25. The summed E-state index contributed by atoms with van der Waals surface area (Å²) in [7, 11) is 1.54. The van der Waals surface area contributed by atoms with Crippen LogP contribution >= 0.6 is 34.2 Å². The molecule has 0 fully saturated rings. The summed E-state index contributed by atoms with van der Waals surface area (Å²) in [5, 5.41) is 12.4. The molecule has 0 aliphatic rings. The SMILES string of the molecule is COc1ccc2c(=O)c3c(Cl)c(I)cc([N+](=O)[O-])c3[se]c2c1. The fourth-order valence-electron chi connectivity index (χ4n) is 2.18. The fraction of sp³-hybridized carbons (Fsp3) is 0.0714. The third kappa shape index (κ3) is 2.42. The maximum atomic E-state index is 12.7. The monoisotopic (exact) mass is 495 g/mol. The molecular weight excluding hydrogens is 487 g/mol. The van der Waals surface area contributed by atoms with Crippen molar-refractivity contribution in [2.45, 2.75) is 0 Å². The first-order valence-corrected chi connectivity index (χ1v) is 9.18. The van der Waals surface area contributed by atoms with Gasteiger partial charge in [0, 0.05) is 0 Å². The van der Waals surface area contributed by atoms with Crippen LogP contribution in [0.25, 0.3) is 19.3 Å². The summed E-state index contributed by atoms with van der Waals surface area (Å²) in [6.07, 6.45) is 0. The number of methoxy groups -OCH3 is 1. The van der Waals surface area contributed by atoms with E-state index in [1.165, 1.54) is 13.2 Å². The zero-order chi connectivity index (χ0) is 16.0. The fourth-order valence-corrected chi connectivity index (χ4v) is 5.63. The van der Waals surface area contributed by atoms with Gasteiger partial charge in [0.1, 0.15) is 0 Å². The molecule has 0 saturated carbocycles. The van der Waals surface area contributed by atoms with Gasteiger partial charge in [-0.1, -0.05) is 0 Å². The molecule has 2 aromatic carbocycles. The van der Waals surface area contributed by atoms with Gasteiger partial charge in [0.25, 0.3) is 0 Å². The van der Waals surface area contributed by atoms with Gasteiger partial charge in [-0.05, 0) is 0 Å². The molecule has 0 amide bonds. The summed E-state index contributed by atoms with van der Waals surface area (Å²) in [6.45, 7) is 0. The van der Waals surface area contributed by atoms with Crippen LogP contribution in [0.1, 0.15) is 0 Å². The van der Waals surface area contributed by atoms with Crippen LogP contribution in [0, 0.1) is 13.7 Å². The number of nitro groups is 1. The zero-order valence-corrected chi connectivity index (χ0v) is 15.7. The average Bonchev–Trinajstić information content (AvgIpc) is 2.49. The van der Waals surface area contributed by atoms with E-state index in [4.69, 9.17) is 16.3 Å². The van der Waals surface area contributed by atoms with Crippen LogP contribution in [-0.2, 0) is 0 Å². The van der Waals surface area contributed by atoms with Crippen molar-refractivity contribution in [3.05, 3.63) is 53.2 Å². The summed E-state index contributed by atoms with van der Waals surface area (Å²) in [4.78, 5) is 23.6. The number of rotatable bonds is 2. The number of benzene rings is 2. The Morgan fingerprint density at radius 3 is 2.73 bits per heavy atom. The van der Waals surface area contributed by atoms with Crippen LogP contribution in [0.15, 0.2) is 29.1 Å². The first-order chi connectivity index (χ1) is 10.4. The molecule has 0 saturated heterocycles. The van der Waals surface area contributed by atoms with Crippen molar-refractivity contribution in [1.82, 2.24) is 0 Å².